The molecule has 0 aliphatic carbocycles. The molecule has 1 saturated heterocycles. The SMILES string of the molecule is CC[C@@H](Nc1c(Nc2cccc(C3OC3N(C)C)c2O)c(=O)c1=O)c1cc(F)cc(F)c1. The molecule has 1 heterocycles. The number of phenols is 1. The van der Waals surface area contributed by atoms with E-state index in [0.29, 0.717) is 17.5 Å². The number of epoxide rings is 1. The van der Waals surface area contributed by atoms with Crippen molar-refractivity contribution in [1.29, 1.82) is 0 Å². The third-order valence-corrected chi connectivity index (χ3v) is 5.54. The predicted octanol–water partition coefficient (Wildman–Crippen LogP) is 3.53. The molecule has 2 unspecified atom stereocenters. The fourth-order valence-electron chi connectivity index (χ4n) is 3.77. The Hall–Kier alpha value is -3.30. The van der Waals surface area contributed by atoms with Gasteiger partial charge in [-0.05, 0) is 44.3 Å². The summed E-state index contributed by atoms with van der Waals surface area (Å²) >= 11 is 0. The second-order valence-corrected chi connectivity index (χ2v) is 8.00. The number of hydrogen-bond donors (Lipinski definition) is 3. The molecule has 7 nitrogen and oxygen atoms in total. The van der Waals surface area contributed by atoms with Gasteiger partial charge in [0.05, 0.1) is 11.7 Å². The maximum Gasteiger partial charge on any atom is 0.253 e. The second kappa shape index (κ2) is 8.33. The summed E-state index contributed by atoms with van der Waals surface area (Å²) in [6.45, 7) is 1.78. The van der Waals surface area contributed by atoms with E-state index in [0.717, 1.165) is 6.07 Å². The van der Waals surface area contributed by atoms with Crippen molar-refractivity contribution in [1.82, 2.24) is 4.90 Å². The van der Waals surface area contributed by atoms with Crippen molar-refractivity contribution >= 4 is 17.1 Å². The third-order valence-electron chi connectivity index (χ3n) is 5.54. The van der Waals surface area contributed by atoms with Crippen LogP contribution in [0.25, 0.3) is 0 Å². The van der Waals surface area contributed by atoms with E-state index in [-0.39, 0.29) is 35.1 Å². The minimum atomic E-state index is -0.744. The standard InChI is InChI=1S/C23H23F2N3O4/c1-4-15(11-8-12(24)10-13(25)9-11)26-17-18(21(31)20(17)30)27-16-7-5-6-14(19(16)29)22-23(32-22)28(2)3/h5-10,15,22-23,26-27,29H,4H2,1-3H3/t15-,22?,23?/m1/s1. The molecule has 0 aromatic heterocycles. The van der Waals surface area contributed by atoms with Crippen LogP contribution in [-0.2, 0) is 4.74 Å². The van der Waals surface area contributed by atoms with Crippen LogP contribution in [0.5, 0.6) is 5.75 Å². The minimum Gasteiger partial charge on any atom is -0.505 e. The van der Waals surface area contributed by atoms with E-state index in [2.05, 4.69) is 10.6 Å². The van der Waals surface area contributed by atoms with Crippen molar-refractivity contribution in [2.45, 2.75) is 31.7 Å². The van der Waals surface area contributed by atoms with Gasteiger partial charge in [-0.15, -0.1) is 0 Å². The van der Waals surface area contributed by atoms with E-state index in [9.17, 15) is 23.5 Å². The molecule has 3 aromatic rings. The molecule has 3 aromatic carbocycles. The predicted molar refractivity (Wildman–Crippen MR) is 117 cm³/mol. The number of anilines is 3. The third kappa shape index (κ3) is 3.96. The van der Waals surface area contributed by atoms with Crippen LogP contribution in [0, 0.1) is 11.6 Å². The van der Waals surface area contributed by atoms with Gasteiger partial charge in [0.25, 0.3) is 10.9 Å². The fourth-order valence-corrected chi connectivity index (χ4v) is 3.77. The van der Waals surface area contributed by atoms with Gasteiger partial charge in [0, 0.05) is 11.6 Å². The Balaban J connectivity index is 1.59. The van der Waals surface area contributed by atoms with Gasteiger partial charge in [-0.2, -0.15) is 0 Å². The monoisotopic (exact) mass is 443 g/mol. The molecular weight excluding hydrogens is 420 g/mol. The number of nitrogens with one attached hydrogen (secondary N) is 2. The molecule has 1 aliphatic heterocycles. The second-order valence-electron chi connectivity index (χ2n) is 8.00. The highest BCUT2D eigenvalue weighted by Crippen LogP contribution is 2.46. The highest BCUT2D eigenvalue weighted by molar-refractivity contribution is 5.81. The summed E-state index contributed by atoms with van der Waals surface area (Å²) in [6, 6.07) is 7.53. The Labute approximate surface area is 182 Å². The van der Waals surface area contributed by atoms with E-state index in [4.69, 9.17) is 4.74 Å². The molecule has 9 heteroatoms. The topological polar surface area (TPSA) is 94.2 Å². The molecule has 0 amide bonds. The van der Waals surface area contributed by atoms with Crippen LogP contribution in [-0.4, -0.2) is 30.3 Å². The first-order chi connectivity index (χ1) is 15.2. The molecule has 4 rings (SSSR count). The van der Waals surface area contributed by atoms with Gasteiger partial charge in [0.2, 0.25) is 0 Å². The number of phenolic OH excluding ortho intramolecular Hbond substituents is 1. The zero-order valence-electron chi connectivity index (χ0n) is 17.8. The summed E-state index contributed by atoms with van der Waals surface area (Å²) in [5, 5.41) is 16.4. The summed E-state index contributed by atoms with van der Waals surface area (Å²) in [5.41, 5.74) is -0.375. The summed E-state index contributed by atoms with van der Waals surface area (Å²) < 4.78 is 32.8. The molecule has 0 saturated carbocycles. The molecule has 32 heavy (non-hydrogen) atoms. The molecule has 1 aliphatic rings. The lowest BCUT2D eigenvalue weighted by molar-refractivity contribution is 0.244. The van der Waals surface area contributed by atoms with E-state index >= 15 is 0 Å². The highest BCUT2D eigenvalue weighted by Gasteiger charge is 2.43. The molecule has 0 spiro atoms. The van der Waals surface area contributed by atoms with Gasteiger partial charge in [-0.25, -0.2) is 8.78 Å². The van der Waals surface area contributed by atoms with Gasteiger partial charge in [-0.3, -0.25) is 14.5 Å². The number of ether oxygens (including phenoxy) is 1. The first kappa shape index (κ1) is 21.9. The van der Waals surface area contributed by atoms with Crippen molar-refractivity contribution in [2.24, 2.45) is 0 Å². The van der Waals surface area contributed by atoms with E-state index in [1.54, 1.807) is 25.1 Å². The maximum atomic E-state index is 13.6. The van der Waals surface area contributed by atoms with Gasteiger partial charge >= 0.3 is 0 Å². The van der Waals surface area contributed by atoms with Crippen molar-refractivity contribution in [3.05, 3.63) is 79.6 Å². The molecule has 0 radical (unpaired) electrons. The van der Waals surface area contributed by atoms with Crippen molar-refractivity contribution in [2.75, 3.05) is 24.7 Å². The van der Waals surface area contributed by atoms with E-state index in [1.807, 2.05) is 19.0 Å². The number of hydrogen-bond acceptors (Lipinski definition) is 7. The largest absolute Gasteiger partial charge is 0.505 e. The molecule has 0 bridgehead atoms. The average molecular weight is 443 g/mol. The lowest BCUT2D eigenvalue weighted by Gasteiger charge is -2.22. The quantitative estimate of drug-likeness (QED) is 0.279. The summed E-state index contributed by atoms with van der Waals surface area (Å²) in [6.07, 6.45) is -0.0480. The lowest BCUT2D eigenvalue weighted by atomic mass is 10.0. The Morgan fingerprint density at radius 3 is 2.34 bits per heavy atom. The van der Waals surface area contributed by atoms with Crippen LogP contribution in [0.4, 0.5) is 25.8 Å². The normalized spacial score (nSPS) is 18.7. The Morgan fingerprint density at radius 2 is 1.75 bits per heavy atom. The molecular formula is C23H23F2N3O4. The summed E-state index contributed by atoms with van der Waals surface area (Å²) in [4.78, 5) is 26.3. The van der Waals surface area contributed by atoms with Crippen molar-refractivity contribution < 1.29 is 18.6 Å². The number of halogens is 2. The summed E-state index contributed by atoms with van der Waals surface area (Å²) in [5.74, 6) is -1.55. The lowest BCUT2D eigenvalue weighted by Crippen LogP contribution is -2.37. The van der Waals surface area contributed by atoms with E-state index in [1.165, 1.54) is 12.1 Å². The van der Waals surface area contributed by atoms with Crippen LogP contribution in [0.15, 0.2) is 46.0 Å². The highest BCUT2D eigenvalue weighted by atomic mass is 19.1. The fraction of sp³-hybridized carbons (Fsp3) is 0.304. The van der Waals surface area contributed by atoms with Gasteiger partial charge in [0.1, 0.15) is 41.1 Å². The molecule has 3 atom stereocenters. The number of rotatable bonds is 8. The zero-order valence-corrected chi connectivity index (χ0v) is 17.8. The van der Waals surface area contributed by atoms with Gasteiger partial charge in [0.15, 0.2) is 0 Å². The molecule has 1 fully saturated rings. The maximum absolute atomic E-state index is 13.6. The van der Waals surface area contributed by atoms with Crippen molar-refractivity contribution in [3.8, 4) is 5.75 Å². The molecule has 168 valence electrons. The Morgan fingerprint density at radius 1 is 1.09 bits per heavy atom. The number of para-hydroxylation sites is 1. The number of aromatic hydroxyl groups is 1. The number of nitrogens with zero attached hydrogens (tertiary/aromatic N) is 1. The Kier molecular flexibility index (Phi) is 5.70. The van der Waals surface area contributed by atoms with E-state index < -0.39 is 28.5 Å². The van der Waals surface area contributed by atoms with Gasteiger partial charge in [-0.1, -0.05) is 19.1 Å². The van der Waals surface area contributed by atoms with Crippen molar-refractivity contribution in [3.63, 3.8) is 0 Å². The van der Waals surface area contributed by atoms with Gasteiger partial charge < -0.3 is 20.5 Å². The number of benzene rings is 2. The number of likely N-dealkylation sites (N-methyl/N-ethyl adjacent to an activating group) is 1. The van der Waals surface area contributed by atoms with Crippen LogP contribution in [0.1, 0.15) is 36.6 Å². The Bertz CT molecular complexity index is 1220. The average Bonchev–Trinajstić information content (AvgIpc) is 3.54. The van der Waals surface area contributed by atoms with Crippen LogP contribution in [0.3, 0.4) is 0 Å². The van der Waals surface area contributed by atoms with Crippen LogP contribution >= 0.6 is 0 Å². The molecule has 3 N–H and O–H groups in total. The summed E-state index contributed by atoms with van der Waals surface area (Å²) in [7, 11) is 3.72. The minimum absolute atomic E-state index is 0.00478. The van der Waals surface area contributed by atoms with Crippen LogP contribution in [0.2, 0.25) is 0 Å². The zero-order chi connectivity index (χ0) is 23.2. The first-order valence-electron chi connectivity index (χ1n) is 10.2. The smallest absolute Gasteiger partial charge is 0.253 e. The van der Waals surface area contributed by atoms with Crippen LogP contribution < -0.4 is 21.5 Å². The first-order valence-corrected chi connectivity index (χ1v) is 10.2.